The highest BCUT2D eigenvalue weighted by molar-refractivity contribution is 4.76. The van der Waals surface area contributed by atoms with Crippen LogP contribution in [0.4, 0.5) is 0 Å². The molecule has 1 atom stereocenters. The van der Waals surface area contributed by atoms with E-state index in [1.807, 2.05) is 0 Å². The van der Waals surface area contributed by atoms with Crippen LogP contribution < -0.4 is 5.32 Å². The third-order valence-corrected chi connectivity index (χ3v) is 3.77. The fourth-order valence-corrected chi connectivity index (χ4v) is 2.59. The molecule has 0 saturated carbocycles. The molecule has 1 aliphatic rings. The van der Waals surface area contributed by atoms with Gasteiger partial charge in [0.25, 0.3) is 0 Å². The lowest BCUT2D eigenvalue weighted by molar-refractivity contribution is 0.153. The molecule has 0 radical (unpaired) electrons. The smallest absolute Gasteiger partial charge is 0.00218 e. The van der Waals surface area contributed by atoms with E-state index in [9.17, 15) is 0 Å². The molecule has 0 aromatic carbocycles. The normalized spacial score (nSPS) is 22.7. The summed E-state index contributed by atoms with van der Waals surface area (Å²) in [6, 6.07) is 0. The summed E-state index contributed by atoms with van der Waals surface area (Å²) in [4.78, 5) is 2.68. The van der Waals surface area contributed by atoms with Gasteiger partial charge >= 0.3 is 0 Å². The van der Waals surface area contributed by atoms with E-state index in [0.717, 1.165) is 11.8 Å². The van der Waals surface area contributed by atoms with Crippen LogP contribution in [0.2, 0.25) is 0 Å². The van der Waals surface area contributed by atoms with Crippen LogP contribution in [0.1, 0.15) is 53.9 Å². The van der Waals surface area contributed by atoms with Crippen LogP contribution in [0.3, 0.4) is 0 Å². The van der Waals surface area contributed by atoms with E-state index in [2.05, 4.69) is 44.8 Å². The van der Waals surface area contributed by atoms with Gasteiger partial charge in [-0.05, 0) is 62.7 Å². The summed E-state index contributed by atoms with van der Waals surface area (Å²) in [5.74, 6) is 1.64. The highest BCUT2D eigenvalue weighted by Crippen LogP contribution is 2.22. The van der Waals surface area contributed by atoms with E-state index in [-0.39, 0.29) is 0 Å². The topological polar surface area (TPSA) is 15.3 Å². The number of nitrogens with zero attached hydrogens (tertiary/aromatic N) is 1. The molecule has 0 amide bonds. The minimum atomic E-state index is 0.475. The molecule has 0 aromatic heterocycles. The molecule has 1 aliphatic heterocycles. The Bertz CT molecular complexity index is 218. The van der Waals surface area contributed by atoms with Crippen LogP contribution in [-0.4, -0.2) is 37.6 Å². The van der Waals surface area contributed by atoms with Gasteiger partial charge in [0.2, 0.25) is 0 Å². The molecule has 0 aromatic rings. The summed E-state index contributed by atoms with van der Waals surface area (Å²) in [5, 5.41) is 3.62. The standard InChI is InChI=1S/C16H34N2/c1-14(2)11-17-12-15-7-6-9-18(13-15)10-8-16(3,4)5/h14-15,17H,6-13H2,1-5H3. The van der Waals surface area contributed by atoms with Crippen molar-refractivity contribution in [3.63, 3.8) is 0 Å². The lowest BCUT2D eigenvalue weighted by Crippen LogP contribution is -2.41. The van der Waals surface area contributed by atoms with E-state index < -0.39 is 0 Å². The number of piperidine rings is 1. The molecular formula is C16H34N2. The number of hydrogen-bond acceptors (Lipinski definition) is 2. The zero-order valence-corrected chi connectivity index (χ0v) is 13.3. The molecule has 2 nitrogen and oxygen atoms in total. The monoisotopic (exact) mass is 254 g/mol. The van der Waals surface area contributed by atoms with Gasteiger partial charge in [0.15, 0.2) is 0 Å². The molecule has 1 saturated heterocycles. The van der Waals surface area contributed by atoms with Crippen molar-refractivity contribution in [3.8, 4) is 0 Å². The van der Waals surface area contributed by atoms with Gasteiger partial charge in [-0.2, -0.15) is 0 Å². The van der Waals surface area contributed by atoms with Gasteiger partial charge in [-0.3, -0.25) is 0 Å². The molecule has 108 valence electrons. The van der Waals surface area contributed by atoms with Gasteiger partial charge in [-0.25, -0.2) is 0 Å². The molecule has 1 unspecified atom stereocenters. The first-order chi connectivity index (χ1) is 8.37. The summed E-state index contributed by atoms with van der Waals surface area (Å²) < 4.78 is 0. The van der Waals surface area contributed by atoms with Crippen LogP contribution in [0.25, 0.3) is 0 Å². The highest BCUT2D eigenvalue weighted by atomic mass is 15.1. The highest BCUT2D eigenvalue weighted by Gasteiger charge is 2.21. The first-order valence-corrected chi connectivity index (χ1v) is 7.80. The SMILES string of the molecule is CC(C)CNCC1CCCN(CCC(C)(C)C)C1. The molecule has 1 heterocycles. The summed E-state index contributed by atoms with van der Waals surface area (Å²) in [7, 11) is 0. The second-order valence-electron chi connectivity index (χ2n) is 7.67. The van der Waals surface area contributed by atoms with E-state index in [0.29, 0.717) is 5.41 Å². The van der Waals surface area contributed by atoms with Crippen molar-refractivity contribution in [2.45, 2.75) is 53.9 Å². The van der Waals surface area contributed by atoms with Crippen LogP contribution in [0, 0.1) is 17.3 Å². The second-order valence-corrected chi connectivity index (χ2v) is 7.67. The van der Waals surface area contributed by atoms with Crippen molar-refractivity contribution < 1.29 is 0 Å². The lowest BCUT2D eigenvalue weighted by atomic mass is 9.91. The fraction of sp³-hybridized carbons (Fsp3) is 1.00. The van der Waals surface area contributed by atoms with Crippen LogP contribution in [0.5, 0.6) is 0 Å². The van der Waals surface area contributed by atoms with E-state index in [1.165, 1.54) is 52.0 Å². The third-order valence-electron chi connectivity index (χ3n) is 3.77. The maximum Gasteiger partial charge on any atom is 0.00218 e. The van der Waals surface area contributed by atoms with Gasteiger partial charge in [0, 0.05) is 6.54 Å². The van der Waals surface area contributed by atoms with E-state index in [4.69, 9.17) is 0 Å². The van der Waals surface area contributed by atoms with Crippen LogP contribution in [-0.2, 0) is 0 Å². The van der Waals surface area contributed by atoms with Gasteiger partial charge in [-0.15, -0.1) is 0 Å². The molecule has 1 rings (SSSR count). The summed E-state index contributed by atoms with van der Waals surface area (Å²) >= 11 is 0. The van der Waals surface area contributed by atoms with Crippen LogP contribution >= 0.6 is 0 Å². The van der Waals surface area contributed by atoms with Crippen molar-refractivity contribution >= 4 is 0 Å². The van der Waals surface area contributed by atoms with Gasteiger partial charge in [0.05, 0.1) is 0 Å². The molecule has 0 bridgehead atoms. The Morgan fingerprint density at radius 2 is 2.00 bits per heavy atom. The van der Waals surface area contributed by atoms with Crippen molar-refractivity contribution in [1.29, 1.82) is 0 Å². The Balaban J connectivity index is 2.19. The zero-order valence-electron chi connectivity index (χ0n) is 13.3. The van der Waals surface area contributed by atoms with E-state index in [1.54, 1.807) is 0 Å². The quantitative estimate of drug-likeness (QED) is 0.782. The van der Waals surface area contributed by atoms with Gasteiger partial charge in [-0.1, -0.05) is 34.6 Å². The number of likely N-dealkylation sites (tertiary alicyclic amines) is 1. The van der Waals surface area contributed by atoms with Crippen molar-refractivity contribution in [1.82, 2.24) is 10.2 Å². The Hall–Kier alpha value is -0.0800. The van der Waals surface area contributed by atoms with Crippen LogP contribution in [0.15, 0.2) is 0 Å². The molecular weight excluding hydrogens is 220 g/mol. The third kappa shape index (κ3) is 7.38. The predicted molar refractivity (Wildman–Crippen MR) is 80.9 cm³/mol. The molecule has 1 fully saturated rings. The van der Waals surface area contributed by atoms with Gasteiger partial charge < -0.3 is 10.2 Å². The Labute approximate surface area is 115 Å². The first-order valence-electron chi connectivity index (χ1n) is 7.80. The molecule has 2 heteroatoms. The Morgan fingerprint density at radius 3 is 2.61 bits per heavy atom. The minimum Gasteiger partial charge on any atom is -0.316 e. The minimum absolute atomic E-state index is 0.475. The maximum atomic E-state index is 3.62. The molecule has 0 spiro atoms. The predicted octanol–water partition coefficient (Wildman–Crippen LogP) is 3.38. The van der Waals surface area contributed by atoms with Crippen molar-refractivity contribution in [3.05, 3.63) is 0 Å². The second kappa shape index (κ2) is 7.49. The molecule has 1 N–H and O–H groups in total. The van der Waals surface area contributed by atoms with E-state index >= 15 is 0 Å². The zero-order chi connectivity index (χ0) is 13.6. The summed E-state index contributed by atoms with van der Waals surface area (Å²) in [6.07, 6.45) is 4.12. The lowest BCUT2D eigenvalue weighted by Gasteiger charge is -2.34. The Morgan fingerprint density at radius 1 is 1.28 bits per heavy atom. The molecule has 18 heavy (non-hydrogen) atoms. The average Bonchev–Trinajstić information content (AvgIpc) is 2.26. The summed E-state index contributed by atoms with van der Waals surface area (Å²) in [6.45, 7) is 17.9. The first kappa shape index (κ1) is 16.0. The average molecular weight is 254 g/mol. The summed E-state index contributed by atoms with van der Waals surface area (Å²) in [5.41, 5.74) is 0.475. The van der Waals surface area contributed by atoms with Crippen molar-refractivity contribution in [2.75, 3.05) is 32.7 Å². The van der Waals surface area contributed by atoms with Crippen molar-refractivity contribution in [2.24, 2.45) is 17.3 Å². The van der Waals surface area contributed by atoms with Gasteiger partial charge in [0.1, 0.15) is 0 Å². The number of rotatable bonds is 6. The Kier molecular flexibility index (Phi) is 6.65. The molecule has 0 aliphatic carbocycles. The number of hydrogen-bond donors (Lipinski definition) is 1. The largest absolute Gasteiger partial charge is 0.316 e. The fourth-order valence-electron chi connectivity index (χ4n) is 2.59. The maximum absolute atomic E-state index is 3.62. The number of nitrogens with one attached hydrogen (secondary N) is 1.